The summed E-state index contributed by atoms with van der Waals surface area (Å²) in [6.07, 6.45) is 3.03. The average Bonchev–Trinajstić information content (AvgIpc) is 3.69. The highest BCUT2D eigenvalue weighted by molar-refractivity contribution is 6.22. The molecule has 4 atom stereocenters. The monoisotopic (exact) mass is 544 g/mol. The highest BCUT2D eigenvalue weighted by Crippen LogP contribution is 2.56. The molecule has 0 unspecified atom stereocenters. The van der Waals surface area contributed by atoms with Crippen molar-refractivity contribution in [3.63, 3.8) is 0 Å². The summed E-state index contributed by atoms with van der Waals surface area (Å²) in [4.78, 5) is 58.8. The van der Waals surface area contributed by atoms with Crippen molar-refractivity contribution in [1.82, 2.24) is 4.98 Å². The minimum absolute atomic E-state index is 0.0988. The first-order valence-electron chi connectivity index (χ1n) is 14.0. The average molecular weight is 545 g/mol. The van der Waals surface area contributed by atoms with Crippen molar-refractivity contribution >= 4 is 40.2 Å². The second-order valence-corrected chi connectivity index (χ2v) is 11.4. The van der Waals surface area contributed by atoms with Gasteiger partial charge in [-0.05, 0) is 62.3 Å². The molecule has 2 bridgehead atoms. The van der Waals surface area contributed by atoms with E-state index in [0.29, 0.717) is 45.2 Å². The molecule has 0 radical (unpaired) electrons. The zero-order valence-electron chi connectivity index (χ0n) is 22.6. The van der Waals surface area contributed by atoms with Crippen molar-refractivity contribution in [2.24, 2.45) is 23.7 Å². The molecule has 1 aromatic heterocycles. The van der Waals surface area contributed by atoms with Crippen LogP contribution in [-0.4, -0.2) is 35.2 Å². The third kappa shape index (κ3) is 4.24. The number of amides is 2. The minimum atomic E-state index is -0.630. The summed E-state index contributed by atoms with van der Waals surface area (Å²) in [5.74, 6) is -0.902. The minimum Gasteiger partial charge on any atom is -0.454 e. The number of para-hydroxylation sites is 1. The van der Waals surface area contributed by atoms with E-state index >= 15 is 0 Å². The van der Waals surface area contributed by atoms with Gasteiger partial charge in [0, 0.05) is 16.5 Å². The molecule has 1 aliphatic heterocycles. The van der Waals surface area contributed by atoms with Gasteiger partial charge in [0.05, 0.1) is 34.3 Å². The van der Waals surface area contributed by atoms with Gasteiger partial charge in [-0.3, -0.25) is 19.3 Å². The highest BCUT2D eigenvalue weighted by atomic mass is 16.5. The zero-order chi connectivity index (χ0) is 28.2. The molecular formula is C34H28N2O5. The van der Waals surface area contributed by atoms with E-state index in [1.807, 2.05) is 37.3 Å². The summed E-state index contributed by atoms with van der Waals surface area (Å²) in [6, 6.07) is 23.2. The topological polar surface area (TPSA) is 93.6 Å². The first kappa shape index (κ1) is 25.3. The van der Waals surface area contributed by atoms with Crippen LogP contribution in [-0.2, 0) is 14.3 Å². The lowest BCUT2D eigenvalue weighted by atomic mass is 9.81. The molecule has 4 aromatic rings. The maximum Gasteiger partial charge on any atom is 0.339 e. The van der Waals surface area contributed by atoms with Crippen molar-refractivity contribution in [2.75, 3.05) is 11.5 Å². The molecule has 41 heavy (non-hydrogen) atoms. The van der Waals surface area contributed by atoms with Crippen molar-refractivity contribution in [1.29, 1.82) is 0 Å². The Labute approximate surface area is 237 Å². The molecule has 1 saturated heterocycles. The number of anilines is 1. The van der Waals surface area contributed by atoms with Gasteiger partial charge in [0.1, 0.15) is 0 Å². The van der Waals surface area contributed by atoms with Crippen molar-refractivity contribution in [2.45, 2.75) is 26.2 Å². The molecule has 7 nitrogen and oxygen atoms in total. The predicted octanol–water partition coefficient (Wildman–Crippen LogP) is 5.79. The maximum absolute atomic E-state index is 13.4. The number of esters is 1. The summed E-state index contributed by atoms with van der Waals surface area (Å²) in [6.45, 7) is 1.55. The lowest BCUT2D eigenvalue weighted by Gasteiger charge is -2.19. The van der Waals surface area contributed by atoms with Gasteiger partial charge in [0.2, 0.25) is 11.8 Å². The van der Waals surface area contributed by atoms with Gasteiger partial charge in [-0.2, -0.15) is 0 Å². The SMILES string of the molecule is Cc1ccc(C(=O)COC(=O)c2cc(-c3cccc(N4C(=O)[C@@H]5[C@@H]6CC[C@@H](C6)[C@@H]5C4=O)c3)nc3ccccc23)cc1. The fourth-order valence-electron chi connectivity index (χ4n) is 6.99. The van der Waals surface area contributed by atoms with E-state index in [2.05, 4.69) is 0 Å². The number of hydrogen-bond donors (Lipinski definition) is 0. The van der Waals surface area contributed by atoms with Crippen molar-refractivity contribution in [3.8, 4) is 11.3 Å². The zero-order valence-corrected chi connectivity index (χ0v) is 22.6. The van der Waals surface area contributed by atoms with Crippen molar-refractivity contribution < 1.29 is 23.9 Å². The number of rotatable bonds is 6. The van der Waals surface area contributed by atoms with E-state index in [0.717, 1.165) is 24.8 Å². The van der Waals surface area contributed by atoms with Crippen LogP contribution in [0.2, 0.25) is 0 Å². The van der Waals surface area contributed by atoms with Gasteiger partial charge in [-0.25, -0.2) is 9.78 Å². The van der Waals surface area contributed by atoms with Gasteiger partial charge in [-0.1, -0.05) is 60.2 Å². The van der Waals surface area contributed by atoms with Gasteiger partial charge in [0.25, 0.3) is 0 Å². The number of imide groups is 1. The molecule has 2 heterocycles. The van der Waals surface area contributed by atoms with Crippen LogP contribution in [0.1, 0.15) is 45.5 Å². The molecule has 2 saturated carbocycles. The van der Waals surface area contributed by atoms with Crippen LogP contribution in [0.5, 0.6) is 0 Å². The number of Topliss-reactive ketones (excluding diaryl/α,β-unsaturated/α-hetero) is 1. The number of aryl methyl sites for hydroxylation is 1. The predicted molar refractivity (Wildman–Crippen MR) is 153 cm³/mol. The second kappa shape index (κ2) is 9.77. The number of nitrogens with zero attached hydrogens (tertiary/aromatic N) is 2. The van der Waals surface area contributed by atoms with E-state index < -0.39 is 5.97 Å². The van der Waals surface area contributed by atoms with Crippen LogP contribution in [0.4, 0.5) is 5.69 Å². The normalized spacial score (nSPS) is 22.8. The molecule has 7 heteroatoms. The molecule has 2 amide bonds. The van der Waals surface area contributed by atoms with Crippen LogP contribution in [0.15, 0.2) is 78.9 Å². The summed E-state index contributed by atoms with van der Waals surface area (Å²) in [5.41, 5.74) is 4.07. The summed E-state index contributed by atoms with van der Waals surface area (Å²) in [5, 5.41) is 0.605. The van der Waals surface area contributed by atoms with Crippen LogP contribution < -0.4 is 4.90 Å². The molecule has 0 N–H and O–H groups in total. The largest absolute Gasteiger partial charge is 0.454 e. The number of carbonyl (C=O) groups is 4. The number of hydrogen-bond acceptors (Lipinski definition) is 6. The number of pyridine rings is 1. The Hall–Kier alpha value is -4.65. The third-order valence-corrected chi connectivity index (χ3v) is 8.97. The van der Waals surface area contributed by atoms with Crippen LogP contribution in [0.25, 0.3) is 22.2 Å². The lowest BCUT2D eigenvalue weighted by Crippen LogP contribution is -2.32. The summed E-state index contributed by atoms with van der Waals surface area (Å²) in [7, 11) is 0. The number of ether oxygens (including phenoxy) is 1. The fraction of sp³-hybridized carbons (Fsp3) is 0.265. The molecule has 7 rings (SSSR count). The van der Waals surface area contributed by atoms with Gasteiger partial charge < -0.3 is 4.74 Å². The maximum atomic E-state index is 13.4. The first-order valence-corrected chi connectivity index (χ1v) is 14.0. The number of ketones is 1. The Morgan fingerprint density at radius 2 is 1.59 bits per heavy atom. The quantitative estimate of drug-likeness (QED) is 0.173. The van der Waals surface area contributed by atoms with Gasteiger partial charge >= 0.3 is 5.97 Å². The Bertz CT molecular complexity index is 1720. The molecular weight excluding hydrogens is 516 g/mol. The van der Waals surface area contributed by atoms with E-state index in [1.165, 1.54) is 4.90 Å². The van der Waals surface area contributed by atoms with Crippen molar-refractivity contribution in [3.05, 3.63) is 95.6 Å². The molecule has 3 aromatic carbocycles. The number of carbonyl (C=O) groups excluding carboxylic acids is 4. The summed E-state index contributed by atoms with van der Waals surface area (Å²) >= 11 is 0. The van der Waals surface area contributed by atoms with Gasteiger partial charge in [-0.15, -0.1) is 0 Å². The fourth-order valence-corrected chi connectivity index (χ4v) is 6.99. The van der Waals surface area contributed by atoms with E-state index in [9.17, 15) is 19.2 Å². The van der Waals surface area contributed by atoms with E-state index in [4.69, 9.17) is 9.72 Å². The Balaban J connectivity index is 1.19. The molecule has 3 fully saturated rings. The highest BCUT2D eigenvalue weighted by Gasteiger charge is 2.61. The Kier molecular flexibility index (Phi) is 6.03. The Morgan fingerprint density at radius 3 is 2.32 bits per heavy atom. The number of benzene rings is 3. The standard InChI is InChI=1S/C34H28N2O5/c1-19-9-11-20(12-10-19)29(37)18-41-34(40)26-17-28(35-27-8-3-2-7-25(26)27)21-5-4-6-24(16-21)36-32(38)30-22-13-14-23(15-22)31(30)33(36)39/h2-12,16-17,22-23,30-31H,13-15,18H2,1H3/t22-,23+,30-,31+. The second-order valence-electron chi connectivity index (χ2n) is 11.4. The molecule has 3 aliphatic rings. The first-order chi connectivity index (χ1) is 19.9. The number of aromatic nitrogens is 1. The van der Waals surface area contributed by atoms with Crippen LogP contribution in [0, 0.1) is 30.6 Å². The molecule has 2 aliphatic carbocycles. The third-order valence-electron chi connectivity index (χ3n) is 8.97. The smallest absolute Gasteiger partial charge is 0.339 e. The van der Waals surface area contributed by atoms with Gasteiger partial charge in [0.15, 0.2) is 12.4 Å². The summed E-state index contributed by atoms with van der Waals surface area (Å²) < 4.78 is 5.46. The Morgan fingerprint density at radius 1 is 0.878 bits per heavy atom. The van der Waals surface area contributed by atoms with Crippen LogP contribution >= 0.6 is 0 Å². The molecule has 0 spiro atoms. The molecule has 204 valence electrons. The van der Waals surface area contributed by atoms with Crippen LogP contribution in [0.3, 0.4) is 0 Å². The lowest BCUT2D eigenvalue weighted by molar-refractivity contribution is -0.123. The van der Waals surface area contributed by atoms with E-state index in [1.54, 1.807) is 48.5 Å². The van der Waals surface area contributed by atoms with E-state index in [-0.39, 0.29) is 41.6 Å². The number of fused-ring (bicyclic) bond motifs is 6.